The average molecular weight is 951 g/mol. The molecule has 0 amide bonds. The monoisotopic (exact) mass is 951 g/mol. The predicted octanol–water partition coefficient (Wildman–Crippen LogP) is 21.0. The molecule has 0 aliphatic carbocycles. The number of hydrogen-bond donors (Lipinski definition) is 0. The highest BCUT2D eigenvalue weighted by atomic mass is 16.3. The van der Waals surface area contributed by atoms with Crippen molar-refractivity contribution in [3.05, 3.63) is 179 Å². The first-order valence-corrected chi connectivity index (χ1v) is 26.2. The SMILES string of the molecule is CC(C)c1ccc(N(c2ccc(C(C)(C)C)cc2)c2ccc(C(C)(C)C)cc2)c2c1oc1cc3cc4oc5c(C(C)C)ccc(N(c6ccc(C(C)(C)C)cc6)c6ccc(C(C)(C)C)cc6)c5c4cc3cc12. The molecule has 0 spiro atoms. The summed E-state index contributed by atoms with van der Waals surface area (Å²) in [5, 5.41) is 6.61. The van der Waals surface area contributed by atoms with Crippen molar-refractivity contribution in [1.82, 2.24) is 0 Å². The number of anilines is 6. The third-order valence-electron chi connectivity index (χ3n) is 15.0. The molecule has 0 saturated heterocycles. The van der Waals surface area contributed by atoms with E-state index in [4.69, 9.17) is 8.83 Å². The first-order valence-electron chi connectivity index (χ1n) is 26.2. The quantitative estimate of drug-likeness (QED) is 0.152. The third kappa shape index (κ3) is 8.75. The maximum absolute atomic E-state index is 7.11. The van der Waals surface area contributed by atoms with E-state index < -0.39 is 0 Å². The van der Waals surface area contributed by atoms with Crippen LogP contribution < -0.4 is 9.80 Å². The minimum absolute atomic E-state index is 0.0300. The van der Waals surface area contributed by atoms with Crippen LogP contribution in [0.5, 0.6) is 0 Å². The first-order chi connectivity index (χ1) is 33.9. The molecule has 10 aromatic rings. The number of furan rings is 2. The smallest absolute Gasteiger partial charge is 0.140 e. The van der Waals surface area contributed by atoms with E-state index in [2.05, 4.69) is 266 Å². The summed E-state index contributed by atoms with van der Waals surface area (Å²) in [6.07, 6.45) is 0. The molecule has 4 heteroatoms. The van der Waals surface area contributed by atoms with Crippen molar-refractivity contribution in [2.75, 3.05) is 9.80 Å². The summed E-state index contributed by atoms with van der Waals surface area (Å²) in [6.45, 7) is 36.4. The number of rotatable bonds is 8. The number of hydrogen-bond acceptors (Lipinski definition) is 4. The van der Waals surface area contributed by atoms with Crippen molar-refractivity contribution < 1.29 is 8.83 Å². The first kappa shape index (κ1) is 48.8. The molecular formula is C68H74N2O2. The molecule has 72 heavy (non-hydrogen) atoms. The molecule has 0 radical (unpaired) electrons. The maximum atomic E-state index is 7.11. The topological polar surface area (TPSA) is 32.8 Å². The molecule has 4 nitrogen and oxygen atoms in total. The van der Waals surface area contributed by atoms with Gasteiger partial charge in [-0.3, -0.25) is 0 Å². The Kier molecular flexibility index (Phi) is 11.8. The van der Waals surface area contributed by atoms with Crippen LogP contribution in [0, 0.1) is 0 Å². The van der Waals surface area contributed by atoms with E-state index in [0.717, 1.165) is 88.8 Å². The van der Waals surface area contributed by atoms with Gasteiger partial charge in [0.25, 0.3) is 0 Å². The number of fused-ring (bicyclic) bond motifs is 7. The van der Waals surface area contributed by atoms with Crippen LogP contribution in [0.15, 0.2) is 154 Å². The van der Waals surface area contributed by atoms with E-state index in [1.54, 1.807) is 0 Å². The minimum Gasteiger partial charge on any atom is -0.456 e. The van der Waals surface area contributed by atoms with E-state index >= 15 is 0 Å². The molecule has 0 N–H and O–H groups in total. The Morgan fingerprint density at radius 2 is 0.597 bits per heavy atom. The van der Waals surface area contributed by atoms with Crippen molar-refractivity contribution >= 4 is 88.8 Å². The Hall–Kier alpha value is -6.78. The second kappa shape index (κ2) is 17.5. The predicted molar refractivity (Wildman–Crippen MR) is 311 cm³/mol. The Morgan fingerprint density at radius 1 is 0.333 bits per heavy atom. The van der Waals surface area contributed by atoms with Crippen molar-refractivity contribution in [2.45, 2.75) is 144 Å². The maximum Gasteiger partial charge on any atom is 0.140 e. The van der Waals surface area contributed by atoms with Gasteiger partial charge in [0.2, 0.25) is 0 Å². The van der Waals surface area contributed by atoms with Crippen LogP contribution in [0.1, 0.15) is 156 Å². The van der Waals surface area contributed by atoms with Gasteiger partial charge in [0, 0.05) is 33.5 Å². The van der Waals surface area contributed by atoms with Crippen LogP contribution in [0.25, 0.3) is 54.6 Å². The molecule has 0 aliphatic rings. The summed E-state index contributed by atoms with van der Waals surface area (Å²) >= 11 is 0. The fourth-order valence-corrected chi connectivity index (χ4v) is 10.6. The second-order valence-corrected chi connectivity index (χ2v) is 25.2. The molecule has 0 atom stereocenters. The zero-order valence-corrected chi connectivity index (χ0v) is 45.7. The summed E-state index contributed by atoms with van der Waals surface area (Å²) < 4.78 is 14.2. The lowest BCUT2D eigenvalue weighted by atomic mass is 9.86. The molecular weight excluding hydrogens is 877 g/mol. The lowest BCUT2D eigenvalue weighted by Crippen LogP contribution is -2.14. The standard InChI is InChI=1S/C68H74N2O2/c1-41(2)53-33-35-57(69(49-25-17-45(18-26-49)65(5,6)7)50-27-19-46(20-28-50)66(8,9)10)61-55-37-43-38-56-60(40-44(43)39-59(55)71-63(53)61)72-64-54(42(3)4)34-36-58(62(56)64)70(51-29-21-47(22-30-51)67(11,12)13)52-31-23-48(24-32-52)68(14,15)16/h17-42H,1-16H3. The Labute approximate surface area is 428 Å². The molecule has 2 aromatic heterocycles. The fourth-order valence-electron chi connectivity index (χ4n) is 10.6. The summed E-state index contributed by atoms with van der Waals surface area (Å²) in [5.41, 5.74) is 17.9. The lowest BCUT2D eigenvalue weighted by Gasteiger charge is -2.29. The zero-order valence-electron chi connectivity index (χ0n) is 45.7. The fraction of sp³-hybridized carbons (Fsp3) is 0.324. The number of benzene rings is 8. The Morgan fingerprint density at radius 3 is 0.847 bits per heavy atom. The summed E-state index contributed by atoms with van der Waals surface area (Å²) in [5.74, 6) is 0.503. The zero-order chi connectivity index (χ0) is 51.4. The molecule has 0 aliphatic heterocycles. The van der Waals surface area contributed by atoms with Crippen molar-refractivity contribution in [3.63, 3.8) is 0 Å². The molecule has 10 rings (SSSR count). The van der Waals surface area contributed by atoms with Gasteiger partial charge in [0.05, 0.1) is 22.1 Å². The van der Waals surface area contributed by atoms with Gasteiger partial charge in [0.1, 0.15) is 22.3 Å². The van der Waals surface area contributed by atoms with Gasteiger partial charge in [0.15, 0.2) is 0 Å². The highest BCUT2D eigenvalue weighted by molar-refractivity contribution is 6.21. The minimum atomic E-state index is 0.0300. The molecule has 0 saturated carbocycles. The van der Waals surface area contributed by atoms with E-state index in [-0.39, 0.29) is 33.5 Å². The van der Waals surface area contributed by atoms with Gasteiger partial charge in [-0.15, -0.1) is 0 Å². The highest BCUT2D eigenvalue weighted by Crippen LogP contribution is 2.50. The van der Waals surface area contributed by atoms with Crippen LogP contribution in [-0.2, 0) is 21.7 Å². The average Bonchev–Trinajstić information content (AvgIpc) is 3.88. The molecule has 2 heterocycles. The van der Waals surface area contributed by atoms with E-state index in [0.29, 0.717) is 0 Å². The highest BCUT2D eigenvalue weighted by Gasteiger charge is 2.28. The van der Waals surface area contributed by atoms with E-state index in [1.807, 2.05) is 0 Å². The molecule has 0 fully saturated rings. The second-order valence-electron chi connectivity index (χ2n) is 25.2. The molecule has 8 aromatic carbocycles. The van der Waals surface area contributed by atoms with Crippen LogP contribution in [0.2, 0.25) is 0 Å². The molecule has 368 valence electrons. The Bertz CT molecular complexity index is 3270. The van der Waals surface area contributed by atoms with Crippen LogP contribution in [0.4, 0.5) is 34.1 Å². The van der Waals surface area contributed by atoms with Crippen molar-refractivity contribution in [2.24, 2.45) is 0 Å². The largest absolute Gasteiger partial charge is 0.456 e. The normalized spacial score (nSPS) is 13.0. The van der Waals surface area contributed by atoms with E-state index in [9.17, 15) is 0 Å². The van der Waals surface area contributed by atoms with Crippen LogP contribution >= 0.6 is 0 Å². The van der Waals surface area contributed by atoms with Crippen molar-refractivity contribution in [3.8, 4) is 0 Å². The van der Waals surface area contributed by atoms with Gasteiger partial charge < -0.3 is 18.6 Å². The van der Waals surface area contributed by atoms with Gasteiger partial charge in [-0.1, -0.05) is 171 Å². The van der Waals surface area contributed by atoms with Gasteiger partial charge >= 0.3 is 0 Å². The summed E-state index contributed by atoms with van der Waals surface area (Å²) in [4.78, 5) is 4.85. The molecule has 0 unspecified atom stereocenters. The Balaban J connectivity index is 1.24. The van der Waals surface area contributed by atoms with Gasteiger partial charge in [-0.05, 0) is 163 Å². The van der Waals surface area contributed by atoms with E-state index in [1.165, 1.54) is 33.4 Å². The van der Waals surface area contributed by atoms with Crippen LogP contribution in [0.3, 0.4) is 0 Å². The van der Waals surface area contributed by atoms with Gasteiger partial charge in [-0.2, -0.15) is 0 Å². The van der Waals surface area contributed by atoms with Crippen molar-refractivity contribution in [1.29, 1.82) is 0 Å². The lowest BCUT2D eigenvalue weighted by molar-refractivity contribution is 0.590. The summed E-state index contributed by atoms with van der Waals surface area (Å²) in [7, 11) is 0. The third-order valence-corrected chi connectivity index (χ3v) is 15.0. The summed E-state index contributed by atoms with van der Waals surface area (Å²) in [6, 6.07) is 54.9. The van der Waals surface area contributed by atoms with Crippen LogP contribution in [-0.4, -0.2) is 0 Å². The number of nitrogens with zero attached hydrogens (tertiary/aromatic N) is 2. The molecule has 0 bridgehead atoms. The van der Waals surface area contributed by atoms with Gasteiger partial charge in [-0.25, -0.2) is 0 Å².